The number of nitriles is 1. The van der Waals surface area contributed by atoms with Crippen LogP contribution in [0.15, 0.2) is 60.8 Å². The number of para-hydroxylation sites is 1. The summed E-state index contributed by atoms with van der Waals surface area (Å²) in [7, 11) is 3.23. The number of benzene rings is 2. The normalized spacial score (nSPS) is 10.7. The first kappa shape index (κ1) is 21.1. The second kappa shape index (κ2) is 8.90. The maximum Gasteiger partial charge on any atom is 0.414 e. The lowest BCUT2D eigenvalue weighted by molar-refractivity contribution is 0.171. The number of aromatic nitrogens is 1. The van der Waals surface area contributed by atoms with Crippen molar-refractivity contribution in [2.24, 2.45) is 0 Å². The molecule has 7 nitrogen and oxygen atoms in total. The molecule has 32 heavy (non-hydrogen) atoms. The van der Waals surface area contributed by atoms with Crippen LogP contribution < -0.4 is 14.2 Å². The Bertz CT molecular complexity index is 1320. The van der Waals surface area contributed by atoms with Crippen molar-refractivity contribution in [1.29, 1.82) is 5.26 Å². The Balaban J connectivity index is 1.78. The van der Waals surface area contributed by atoms with Gasteiger partial charge in [0.2, 0.25) is 0 Å². The molecule has 0 unspecified atom stereocenters. The first-order valence-corrected chi connectivity index (χ1v) is 10.2. The average molecular weight is 429 g/mol. The van der Waals surface area contributed by atoms with E-state index >= 15 is 0 Å². The molecular weight excluding hydrogens is 406 g/mol. The van der Waals surface area contributed by atoms with Crippen LogP contribution in [0.3, 0.4) is 0 Å². The number of hydrogen-bond acceptors (Lipinski definition) is 5. The molecule has 1 amide bonds. The molecule has 0 aliphatic heterocycles. The number of hydrogen-bond donors (Lipinski definition) is 0. The fraction of sp³-hybridized carbons (Fsp3) is 0.200. The number of fused-ring (bicyclic) bond motifs is 3. The highest BCUT2D eigenvalue weighted by molar-refractivity contribution is 5.97. The highest BCUT2D eigenvalue weighted by Crippen LogP contribution is 2.36. The summed E-state index contributed by atoms with van der Waals surface area (Å²) in [5.41, 5.74) is 2.90. The molecule has 0 aliphatic carbocycles. The SMILES string of the molecule is CCOc1ccc(COc2cc(OC(=O)N(C)C)cn3c2c(C#N)c2ccccc23)cc1. The van der Waals surface area contributed by atoms with Gasteiger partial charge in [-0.3, -0.25) is 0 Å². The predicted octanol–water partition coefficient (Wildman–Crippen LogP) is 5.00. The van der Waals surface area contributed by atoms with Crippen LogP contribution in [0.1, 0.15) is 18.1 Å². The van der Waals surface area contributed by atoms with Crippen LogP contribution in [0.5, 0.6) is 17.2 Å². The van der Waals surface area contributed by atoms with Crippen LogP contribution in [0.4, 0.5) is 4.79 Å². The zero-order valence-electron chi connectivity index (χ0n) is 18.2. The van der Waals surface area contributed by atoms with Crippen LogP contribution in [-0.2, 0) is 6.61 Å². The molecular formula is C25H23N3O4. The van der Waals surface area contributed by atoms with E-state index < -0.39 is 6.09 Å². The second-order valence-corrected chi connectivity index (χ2v) is 7.39. The lowest BCUT2D eigenvalue weighted by atomic mass is 10.1. The number of rotatable bonds is 6. The van der Waals surface area contributed by atoms with Gasteiger partial charge in [0, 0.05) is 25.5 Å². The summed E-state index contributed by atoms with van der Waals surface area (Å²) in [6, 6.07) is 19.2. The van der Waals surface area contributed by atoms with Gasteiger partial charge < -0.3 is 23.5 Å². The fourth-order valence-electron chi connectivity index (χ4n) is 3.48. The summed E-state index contributed by atoms with van der Waals surface area (Å²) >= 11 is 0. The average Bonchev–Trinajstić information content (AvgIpc) is 3.12. The molecule has 0 atom stereocenters. The van der Waals surface area contributed by atoms with Crippen LogP contribution in [0.25, 0.3) is 16.4 Å². The molecule has 2 aromatic heterocycles. The third-order valence-corrected chi connectivity index (χ3v) is 4.98. The largest absolute Gasteiger partial charge is 0.494 e. The van der Waals surface area contributed by atoms with Gasteiger partial charge in [-0.05, 0) is 30.7 Å². The molecule has 0 spiro atoms. The van der Waals surface area contributed by atoms with E-state index in [4.69, 9.17) is 14.2 Å². The zero-order chi connectivity index (χ0) is 22.7. The van der Waals surface area contributed by atoms with Gasteiger partial charge in [0.15, 0.2) is 5.75 Å². The summed E-state index contributed by atoms with van der Waals surface area (Å²) in [6.07, 6.45) is 1.20. The smallest absolute Gasteiger partial charge is 0.414 e. The van der Waals surface area contributed by atoms with Crippen LogP contribution in [-0.4, -0.2) is 36.1 Å². The van der Waals surface area contributed by atoms with Crippen molar-refractivity contribution in [3.63, 3.8) is 0 Å². The molecule has 162 valence electrons. The summed E-state index contributed by atoms with van der Waals surface area (Å²) in [5.74, 6) is 1.57. The Kier molecular flexibility index (Phi) is 5.86. The van der Waals surface area contributed by atoms with E-state index in [2.05, 4.69) is 6.07 Å². The summed E-state index contributed by atoms with van der Waals surface area (Å²) < 4.78 is 19.0. The molecule has 0 saturated heterocycles. The maximum absolute atomic E-state index is 12.1. The van der Waals surface area contributed by atoms with E-state index in [1.54, 1.807) is 26.4 Å². The van der Waals surface area contributed by atoms with Crippen molar-refractivity contribution >= 4 is 22.5 Å². The highest BCUT2D eigenvalue weighted by atomic mass is 16.6. The zero-order valence-corrected chi connectivity index (χ0v) is 18.2. The summed E-state index contributed by atoms with van der Waals surface area (Å²) in [4.78, 5) is 13.5. The van der Waals surface area contributed by atoms with Crippen molar-refractivity contribution in [2.45, 2.75) is 13.5 Å². The number of carbonyl (C=O) groups excluding carboxylic acids is 1. The van der Waals surface area contributed by atoms with Gasteiger partial charge in [-0.2, -0.15) is 5.26 Å². The number of carbonyl (C=O) groups is 1. The number of amides is 1. The standard InChI is InChI=1S/C25H23N3O4/c1-4-30-18-11-9-17(10-12-18)16-31-23-13-19(32-25(29)27(2)3)15-28-22-8-6-5-7-20(22)21(14-26)24(23)28/h5-13,15H,4,16H2,1-3H3. The van der Waals surface area contributed by atoms with E-state index in [-0.39, 0.29) is 6.61 Å². The van der Waals surface area contributed by atoms with E-state index in [0.29, 0.717) is 29.2 Å². The molecule has 2 aromatic carbocycles. The van der Waals surface area contributed by atoms with Crippen LogP contribution in [0, 0.1) is 11.3 Å². The van der Waals surface area contributed by atoms with Crippen molar-refractivity contribution in [3.8, 4) is 23.3 Å². The quantitative estimate of drug-likeness (QED) is 0.431. The van der Waals surface area contributed by atoms with E-state index in [1.807, 2.05) is 59.9 Å². The van der Waals surface area contributed by atoms with E-state index in [0.717, 1.165) is 22.2 Å². The predicted molar refractivity (Wildman–Crippen MR) is 121 cm³/mol. The molecule has 0 fully saturated rings. The fourth-order valence-corrected chi connectivity index (χ4v) is 3.48. The number of pyridine rings is 1. The van der Waals surface area contributed by atoms with Crippen molar-refractivity contribution in [1.82, 2.24) is 9.30 Å². The lowest BCUT2D eigenvalue weighted by Gasteiger charge is -2.14. The van der Waals surface area contributed by atoms with E-state index in [9.17, 15) is 10.1 Å². The van der Waals surface area contributed by atoms with Crippen molar-refractivity contribution < 1.29 is 19.0 Å². The highest BCUT2D eigenvalue weighted by Gasteiger charge is 2.19. The summed E-state index contributed by atoms with van der Waals surface area (Å²) in [6.45, 7) is 2.82. The molecule has 0 aliphatic rings. The van der Waals surface area contributed by atoms with Gasteiger partial charge >= 0.3 is 6.09 Å². The molecule has 7 heteroatoms. The van der Waals surface area contributed by atoms with Gasteiger partial charge in [0.05, 0.1) is 23.9 Å². The minimum Gasteiger partial charge on any atom is -0.494 e. The maximum atomic E-state index is 12.1. The Morgan fingerprint density at radius 3 is 2.50 bits per heavy atom. The van der Waals surface area contributed by atoms with Gasteiger partial charge in [0.25, 0.3) is 0 Å². The Morgan fingerprint density at radius 1 is 1.06 bits per heavy atom. The first-order valence-electron chi connectivity index (χ1n) is 10.2. The molecule has 4 aromatic rings. The minimum absolute atomic E-state index is 0.277. The van der Waals surface area contributed by atoms with Crippen molar-refractivity contribution in [3.05, 3.63) is 71.9 Å². The topological polar surface area (TPSA) is 76.2 Å². The van der Waals surface area contributed by atoms with E-state index in [1.165, 1.54) is 4.90 Å². The molecule has 0 saturated carbocycles. The van der Waals surface area contributed by atoms with Crippen molar-refractivity contribution in [2.75, 3.05) is 20.7 Å². The minimum atomic E-state index is -0.501. The van der Waals surface area contributed by atoms with Crippen LogP contribution >= 0.6 is 0 Å². The molecule has 2 heterocycles. The van der Waals surface area contributed by atoms with Gasteiger partial charge in [-0.1, -0.05) is 30.3 Å². The van der Waals surface area contributed by atoms with Gasteiger partial charge in [0.1, 0.15) is 29.7 Å². The monoisotopic (exact) mass is 429 g/mol. The number of ether oxygens (including phenoxy) is 3. The lowest BCUT2D eigenvalue weighted by Crippen LogP contribution is -2.25. The molecule has 0 radical (unpaired) electrons. The molecule has 0 bridgehead atoms. The Labute approximate surface area is 185 Å². The molecule has 0 N–H and O–H groups in total. The van der Waals surface area contributed by atoms with Gasteiger partial charge in [-0.25, -0.2) is 4.79 Å². The van der Waals surface area contributed by atoms with Gasteiger partial charge in [-0.15, -0.1) is 0 Å². The Hall–Kier alpha value is -4.18. The van der Waals surface area contributed by atoms with Crippen LogP contribution in [0.2, 0.25) is 0 Å². The third kappa shape index (κ3) is 4.03. The second-order valence-electron chi connectivity index (χ2n) is 7.39. The number of nitrogens with zero attached hydrogens (tertiary/aromatic N) is 3. The first-order chi connectivity index (χ1) is 15.5. The third-order valence-electron chi connectivity index (χ3n) is 4.98. The summed E-state index contributed by atoms with van der Waals surface area (Å²) in [5, 5.41) is 10.7. The Morgan fingerprint density at radius 2 is 1.81 bits per heavy atom. The molecule has 4 rings (SSSR count).